The summed E-state index contributed by atoms with van der Waals surface area (Å²) in [5.41, 5.74) is 0.475. The predicted molar refractivity (Wildman–Crippen MR) is 162 cm³/mol. The molecule has 0 bridgehead atoms. The van der Waals surface area contributed by atoms with Crippen LogP contribution in [0.15, 0.2) is 23.8 Å². The number of hydrogen-bond acceptors (Lipinski definition) is 7. The van der Waals surface area contributed by atoms with Gasteiger partial charge < -0.3 is 18.6 Å². The van der Waals surface area contributed by atoms with Gasteiger partial charge in [0, 0.05) is 19.3 Å². The minimum atomic E-state index is -2.00. The molecule has 1 saturated heterocycles. The van der Waals surface area contributed by atoms with Gasteiger partial charge in [0.05, 0.1) is 24.5 Å². The second kappa shape index (κ2) is 13.1. The van der Waals surface area contributed by atoms with Gasteiger partial charge in [0.25, 0.3) is 0 Å². The van der Waals surface area contributed by atoms with Gasteiger partial charge in [-0.3, -0.25) is 14.4 Å². The van der Waals surface area contributed by atoms with E-state index in [0.717, 1.165) is 25.7 Å². The van der Waals surface area contributed by atoms with E-state index in [0.29, 0.717) is 24.7 Å². The van der Waals surface area contributed by atoms with Gasteiger partial charge in [0.2, 0.25) is 0 Å². The van der Waals surface area contributed by atoms with Crippen LogP contribution in [0.5, 0.6) is 0 Å². The molecule has 0 unspecified atom stereocenters. The van der Waals surface area contributed by atoms with Crippen LogP contribution in [0.25, 0.3) is 0 Å². The number of esters is 3. The lowest BCUT2D eigenvalue weighted by Gasteiger charge is -2.44. The average molecular weight is 591 g/mol. The molecule has 232 valence electrons. The molecular formula is C33H54O7Si. The number of cyclic esters (lactones) is 1. The largest absolute Gasteiger partial charge is 0.466 e. The second-order valence-corrected chi connectivity index (χ2v) is 19.6. The van der Waals surface area contributed by atoms with Crippen LogP contribution < -0.4 is 0 Å². The molecular weight excluding hydrogens is 536 g/mol. The fourth-order valence-electron chi connectivity index (χ4n) is 6.15. The number of fused-ring (bicyclic) bond motifs is 1. The molecule has 3 rings (SSSR count). The van der Waals surface area contributed by atoms with E-state index in [2.05, 4.69) is 65.9 Å². The molecule has 0 spiro atoms. The summed E-state index contributed by atoms with van der Waals surface area (Å²) in [5, 5.41) is 0.0794. The third kappa shape index (κ3) is 8.79. The molecule has 0 N–H and O–H groups in total. The van der Waals surface area contributed by atoms with Gasteiger partial charge in [-0.15, -0.1) is 0 Å². The van der Waals surface area contributed by atoms with E-state index in [1.165, 1.54) is 12.5 Å². The van der Waals surface area contributed by atoms with Crippen molar-refractivity contribution in [3.63, 3.8) is 0 Å². The molecule has 2 aliphatic carbocycles. The quantitative estimate of drug-likeness (QED) is 0.152. The highest BCUT2D eigenvalue weighted by atomic mass is 28.4. The predicted octanol–water partition coefficient (Wildman–Crippen LogP) is 7.16. The molecule has 0 aromatic carbocycles. The first-order valence-electron chi connectivity index (χ1n) is 15.5. The highest BCUT2D eigenvalue weighted by Gasteiger charge is 2.45. The van der Waals surface area contributed by atoms with Gasteiger partial charge in [-0.2, -0.15) is 0 Å². The fraction of sp³-hybridized carbons (Fsp3) is 0.788. The van der Waals surface area contributed by atoms with Crippen molar-refractivity contribution < 1.29 is 33.0 Å². The Bertz CT molecular complexity index is 1020. The summed E-state index contributed by atoms with van der Waals surface area (Å²) < 4.78 is 23.8. The smallest absolute Gasteiger partial charge is 0.311 e. The van der Waals surface area contributed by atoms with Crippen LogP contribution in [-0.4, -0.2) is 51.1 Å². The number of allylic oxidation sites excluding steroid dienone is 3. The van der Waals surface area contributed by atoms with Gasteiger partial charge in [-0.1, -0.05) is 52.8 Å². The molecule has 0 amide bonds. The van der Waals surface area contributed by atoms with E-state index >= 15 is 0 Å². The Hall–Kier alpha value is -1.93. The Morgan fingerprint density at radius 3 is 2.39 bits per heavy atom. The minimum absolute atomic E-state index is 0.0794. The summed E-state index contributed by atoms with van der Waals surface area (Å²) in [5.74, 6) is 0.195. The molecule has 7 nitrogen and oxygen atoms in total. The maximum atomic E-state index is 13.4. The number of ether oxygens (including phenoxy) is 3. The standard InChI is InChI=1S/C33H54O7Si/c1-21-17-24-12-11-22(2)27(30(24)28(18-21)39-31(36)33(7,8)15-16-37-23(3)34)14-13-25-19-26(20-29(35)38-25)40-41(9,10)32(4,5)6/h11-12,17,21-22,25-28,30H,13-16,18-20H2,1-10H3/t21-,22-,25+,26+,27-,28-,30-/m0/s1. The Balaban J connectivity index is 1.71. The SMILES string of the molecule is CC(=O)OCCC(C)(C)C(=O)O[C@H]1C[C@@H](C)C=C2C=C[C@H](C)[C@H](CC[C@@H]3C[C@@H](O[Si](C)(C)C(C)(C)C)CC(=O)O3)[C@H]21. The molecule has 41 heavy (non-hydrogen) atoms. The Morgan fingerprint density at radius 2 is 1.76 bits per heavy atom. The molecule has 8 heteroatoms. The summed E-state index contributed by atoms with van der Waals surface area (Å²) in [4.78, 5) is 37.2. The zero-order chi connectivity index (χ0) is 30.8. The van der Waals surface area contributed by atoms with Crippen molar-refractivity contribution in [3.8, 4) is 0 Å². The molecule has 0 aromatic heterocycles. The van der Waals surface area contributed by atoms with Gasteiger partial charge in [-0.25, -0.2) is 0 Å². The first-order chi connectivity index (χ1) is 18.9. The van der Waals surface area contributed by atoms with E-state index in [4.69, 9.17) is 18.6 Å². The van der Waals surface area contributed by atoms with Gasteiger partial charge in [0.15, 0.2) is 8.32 Å². The highest BCUT2D eigenvalue weighted by molar-refractivity contribution is 6.74. The molecule has 0 saturated carbocycles. The van der Waals surface area contributed by atoms with E-state index in [1.807, 2.05) is 13.8 Å². The van der Waals surface area contributed by atoms with Crippen molar-refractivity contribution in [2.24, 2.45) is 29.1 Å². The lowest BCUT2D eigenvalue weighted by molar-refractivity contribution is -0.167. The van der Waals surface area contributed by atoms with Crippen LogP contribution in [-0.2, 0) is 33.0 Å². The summed E-state index contributed by atoms with van der Waals surface area (Å²) in [6.07, 6.45) is 10.2. The first kappa shape index (κ1) is 33.6. The summed E-state index contributed by atoms with van der Waals surface area (Å²) >= 11 is 0. The van der Waals surface area contributed by atoms with Crippen LogP contribution in [0.4, 0.5) is 0 Å². The van der Waals surface area contributed by atoms with Gasteiger partial charge in [0.1, 0.15) is 12.2 Å². The normalized spacial score (nSPS) is 30.6. The molecule has 0 aromatic rings. The van der Waals surface area contributed by atoms with Crippen molar-refractivity contribution >= 4 is 26.2 Å². The number of carbonyl (C=O) groups is 3. The molecule has 1 fully saturated rings. The van der Waals surface area contributed by atoms with Crippen molar-refractivity contribution in [1.29, 1.82) is 0 Å². The molecule has 0 radical (unpaired) electrons. The van der Waals surface area contributed by atoms with E-state index in [-0.39, 0.29) is 59.7 Å². The average Bonchev–Trinajstić information content (AvgIpc) is 2.81. The van der Waals surface area contributed by atoms with Crippen molar-refractivity contribution in [2.75, 3.05) is 6.61 Å². The van der Waals surface area contributed by atoms with E-state index in [1.54, 1.807) is 0 Å². The van der Waals surface area contributed by atoms with Gasteiger partial charge in [-0.05, 0) is 81.0 Å². The molecule has 1 aliphatic heterocycles. The zero-order valence-electron chi connectivity index (χ0n) is 27.1. The molecule has 1 heterocycles. The molecule has 3 aliphatic rings. The van der Waals surface area contributed by atoms with Crippen LogP contribution in [0, 0.1) is 29.1 Å². The lowest BCUT2D eigenvalue weighted by atomic mass is 9.65. The van der Waals surface area contributed by atoms with Gasteiger partial charge >= 0.3 is 17.9 Å². The van der Waals surface area contributed by atoms with Crippen LogP contribution >= 0.6 is 0 Å². The number of carbonyl (C=O) groups excluding carboxylic acids is 3. The Kier molecular flexibility index (Phi) is 10.8. The fourth-order valence-corrected chi connectivity index (χ4v) is 7.52. The Morgan fingerprint density at radius 1 is 1.07 bits per heavy atom. The first-order valence-corrected chi connectivity index (χ1v) is 18.4. The zero-order valence-corrected chi connectivity index (χ0v) is 28.1. The van der Waals surface area contributed by atoms with E-state index in [9.17, 15) is 14.4 Å². The van der Waals surface area contributed by atoms with Crippen LogP contribution in [0.2, 0.25) is 18.1 Å². The van der Waals surface area contributed by atoms with E-state index < -0.39 is 13.7 Å². The highest BCUT2D eigenvalue weighted by Crippen LogP contribution is 2.46. The number of hydrogen-bond donors (Lipinski definition) is 0. The van der Waals surface area contributed by atoms with Crippen molar-refractivity contribution in [1.82, 2.24) is 0 Å². The monoisotopic (exact) mass is 590 g/mol. The minimum Gasteiger partial charge on any atom is -0.466 e. The summed E-state index contributed by atoms with van der Waals surface area (Å²) in [6, 6.07) is 0. The molecule has 7 atom stereocenters. The summed E-state index contributed by atoms with van der Waals surface area (Å²) in [6.45, 7) is 20.8. The third-order valence-electron chi connectivity index (χ3n) is 9.75. The Labute approximate surface area is 248 Å². The van der Waals surface area contributed by atoms with Crippen molar-refractivity contribution in [2.45, 2.75) is 130 Å². The maximum absolute atomic E-state index is 13.4. The van der Waals surface area contributed by atoms with Crippen molar-refractivity contribution in [3.05, 3.63) is 23.8 Å². The lowest BCUT2D eigenvalue weighted by Crippen LogP contribution is -2.47. The maximum Gasteiger partial charge on any atom is 0.311 e. The van der Waals surface area contributed by atoms with Crippen LogP contribution in [0.1, 0.15) is 93.9 Å². The third-order valence-corrected chi connectivity index (χ3v) is 14.3. The van der Waals surface area contributed by atoms with Crippen LogP contribution in [0.3, 0.4) is 0 Å². The summed E-state index contributed by atoms with van der Waals surface area (Å²) in [7, 11) is -2.00. The second-order valence-electron chi connectivity index (χ2n) is 14.8. The topological polar surface area (TPSA) is 88.1 Å². The number of rotatable bonds is 10.